The first kappa shape index (κ1) is 12.4. The number of hydrogen-bond acceptors (Lipinski definition) is 5. The summed E-state index contributed by atoms with van der Waals surface area (Å²) in [6.45, 7) is 6.45. The Kier molecular flexibility index (Phi) is 3.66. The molecule has 1 aromatic heterocycles. The van der Waals surface area contributed by atoms with Crippen LogP contribution in [0.25, 0.3) is 0 Å². The molecule has 0 radical (unpaired) electrons. The molecular formula is C12H22N4O. The highest BCUT2D eigenvalue weighted by Gasteiger charge is 2.33. The van der Waals surface area contributed by atoms with Crippen molar-refractivity contribution in [2.75, 3.05) is 11.9 Å². The van der Waals surface area contributed by atoms with E-state index in [-0.39, 0.29) is 6.04 Å². The zero-order valence-corrected chi connectivity index (χ0v) is 11.1. The number of aromatic nitrogens is 2. The summed E-state index contributed by atoms with van der Waals surface area (Å²) in [5, 5.41) is 11.4. The fourth-order valence-electron chi connectivity index (χ4n) is 2.45. The highest BCUT2D eigenvalue weighted by Crippen LogP contribution is 2.31. The predicted octanol–water partition coefficient (Wildman–Crippen LogP) is 2.12. The van der Waals surface area contributed by atoms with Crippen LogP contribution in [0.1, 0.15) is 52.0 Å². The van der Waals surface area contributed by atoms with Gasteiger partial charge in [-0.3, -0.25) is 0 Å². The Morgan fingerprint density at radius 1 is 1.47 bits per heavy atom. The van der Waals surface area contributed by atoms with E-state index in [4.69, 9.17) is 4.42 Å². The number of nitrogens with one attached hydrogen (secondary N) is 1. The second kappa shape index (κ2) is 5.04. The molecule has 2 heterocycles. The molecular weight excluding hydrogens is 216 g/mol. The monoisotopic (exact) mass is 238 g/mol. The number of hydrogen-bond donors (Lipinski definition) is 1. The van der Waals surface area contributed by atoms with Crippen LogP contribution in [0.4, 0.5) is 6.01 Å². The van der Waals surface area contributed by atoms with Gasteiger partial charge in [0.1, 0.15) is 0 Å². The first-order valence-corrected chi connectivity index (χ1v) is 6.46. The van der Waals surface area contributed by atoms with Gasteiger partial charge in [-0.1, -0.05) is 12.0 Å². The Bertz CT molecular complexity index is 365. The summed E-state index contributed by atoms with van der Waals surface area (Å²) in [5.74, 6) is 0.663. The van der Waals surface area contributed by atoms with E-state index < -0.39 is 0 Å². The van der Waals surface area contributed by atoms with E-state index >= 15 is 0 Å². The standard InChI is InChI=1S/C12H22N4O/c1-5-10-7-6-8(2)16(10)12-15-14-11(17-12)9(3)13-4/h8-10,13H,5-7H2,1-4H3. The van der Waals surface area contributed by atoms with Crippen molar-refractivity contribution < 1.29 is 4.42 Å². The molecule has 0 bridgehead atoms. The molecule has 0 amide bonds. The van der Waals surface area contributed by atoms with Gasteiger partial charge in [-0.2, -0.15) is 0 Å². The van der Waals surface area contributed by atoms with Gasteiger partial charge < -0.3 is 14.6 Å². The van der Waals surface area contributed by atoms with Crippen LogP contribution in [0.15, 0.2) is 4.42 Å². The Morgan fingerprint density at radius 3 is 2.88 bits per heavy atom. The minimum atomic E-state index is 0.106. The largest absolute Gasteiger partial charge is 0.406 e. The van der Waals surface area contributed by atoms with Gasteiger partial charge in [-0.15, -0.1) is 5.10 Å². The zero-order valence-electron chi connectivity index (χ0n) is 11.1. The van der Waals surface area contributed by atoms with Crippen LogP contribution in [0.3, 0.4) is 0 Å². The lowest BCUT2D eigenvalue weighted by Gasteiger charge is -2.25. The maximum absolute atomic E-state index is 5.76. The van der Waals surface area contributed by atoms with E-state index in [1.807, 2.05) is 14.0 Å². The van der Waals surface area contributed by atoms with E-state index in [0.29, 0.717) is 24.0 Å². The summed E-state index contributed by atoms with van der Waals surface area (Å²) < 4.78 is 5.76. The molecule has 2 rings (SSSR count). The summed E-state index contributed by atoms with van der Waals surface area (Å²) in [5.41, 5.74) is 0. The van der Waals surface area contributed by atoms with Crippen LogP contribution < -0.4 is 10.2 Å². The maximum Gasteiger partial charge on any atom is 0.318 e. The Balaban J connectivity index is 2.18. The van der Waals surface area contributed by atoms with Gasteiger partial charge in [0.25, 0.3) is 0 Å². The van der Waals surface area contributed by atoms with Gasteiger partial charge in [0.2, 0.25) is 5.89 Å². The minimum absolute atomic E-state index is 0.106. The molecule has 1 aliphatic heterocycles. The van der Waals surface area contributed by atoms with Crippen molar-refractivity contribution in [3.63, 3.8) is 0 Å². The fourth-order valence-corrected chi connectivity index (χ4v) is 2.45. The molecule has 0 aliphatic carbocycles. The summed E-state index contributed by atoms with van der Waals surface area (Å²) in [6.07, 6.45) is 3.55. The average Bonchev–Trinajstić information content (AvgIpc) is 2.93. The molecule has 1 aliphatic rings. The Morgan fingerprint density at radius 2 is 2.24 bits per heavy atom. The quantitative estimate of drug-likeness (QED) is 0.870. The van der Waals surface area contributed by atoms with Crippen LogP contribution >= 0.6 is 0 Å². The molecule has 1 fully saturated rings. The van der Waals surface area contributed by atoms with Crippen molar-refractivity contribution >= 4 is 6.01 Å². The van der Waals surface area contributed by atoms with Crippen molar-refractivity contribution in [1.29, 1.82) is 0 Å². The molecule has 1 aromatic rings. The van der Waals surface area contributed by atoms with Crippen molar-refractivity contribution in [1.82, 2.24) is 15.5 Å². The first-order chi connectivity index (χ1) is 8.17. The van der Waals surface area contributed by atoms with Crippen LogP contribution in [-0.2, 0) is 0 Å². The lowest BCUT2D eigenvalue weighted by atomic mass is 10.2. The highest BCUT2D eigenvalue weighted by atomic mass is 16.4. The Labute approximate surface area is 103 Å². The van der Waals surface area contributed by atoms with Crippen molar-refractivity contribution in [2.45, 2.75) is 58.2 Å². The molecule has 0 saturated carbocycles. The summed E-state index contributed by atoms with van der Waals surface area (Å²) in [4.78, 5) is 2.28. The Hall–Kier alpha value is -1.10. The SMILES string of the molecule is CCC1CCC(C)N1c1nnc(C(C)NC)o1. The molecule has 5 heteroatoms. The molecule has 0 aromatic carbocycles. The smallest absolute Gasteiger partial charge is 0.318 e. The molecule has 0 spiro atoms. The van der Waals surface area contributed by atoms with Gasteiger partial charge in [-0.05, 0) is 40.2 Å². The van der Waals surface area contributed by atoms with Crippen molar-refractivity contribution in [3.05, 3.63) is 5.89 Å². The summed E-state index contributed by atoms with van der Waals surface area (Å²) in [7, 11) is 1.89. The van der Waals surface area contributed by atoms with Crippen LogP contribution in [-0.4, -0.2) is 29.3 Å². The summed E-state index contributed by atoms with van der Waals surface area (Å²) in [6, 6.07) is 1.83. The number of anilines is 1. The first-order valence-electron chi connectivity index (χ1n) is 6.46. The molecule has 96 valence electrons. The average molecular weight is 238 g/mol. The molecule has 5 nitrogen and oxygen atoms in total. The van der Waals surface area contributed by atoms with Gasteiger partial charge in [0, 0.05) is 12.1 Å². The number of rotatable bonds is 4. The maximum atomic E-state index is 5.76. The topological polar surface area (TPSA) is 54.2 Å². The molecule has 3 atom stereocenters. The lowest BCUT2D eigenvalue weighted by Crippen LogP contribution is -2.34. The summed E-state index contributed by atoms with van der Waals surface area (Å²) >= 11 is 0. The van der Waals surface area contributed by atoms with Crippen LogP contribution in [0.2, 0.25) is 0 Å². The van der Waals surface area contributed by atoms with Gasteiger partial charge >= 0.3 is 6.01 Å². The van der Waals surface area contributed by atoms with E-state index in [2.05, 4.69) is 34.3 Å². The third kappa shape index (κ3) is 2.29. The molecule has 1 saturated heterocycles. The minimum Gasteiger partial charge on any atom is -0.406 e. The zero-order chi connectivity index (χ0) is 12.4. The van der Waals surface area contributed by atoms with E-state index in [1.165, 1.54) is 12.8 Å². The van der Waals surface area contributed by atoms with Gasteiger partial charge in [0.15, 0.2) is 0 Å². The fraction of sp³-hybridized carbons (Fsp3) is 0.833. The van der Waals surface area contributed by atoms with E-state index in [1.54, 1.807) is 0 Å². The van der Waals surface area contributed by atoms with E-state index in [9.17, 15) is 0 Å². The van der Waals surface area contributed by atoms with Crippen LogP contribution in [0.5, 0.6) is 0 Å². The second-order valence-electron chi connectivity index (χ2n) is 4.83. The van der Waals surface area contributed by atoms with Gasteiger partial charge in [-0.25, -0.2) is 0 Å². The molecule has 3 unspecified atom stereocenters. The van der Waals surface area contributed by atoms with Crippen molar-refractivity contribution in [3.8, 4) is 0 Å². The normalized spacial score (nSPS) is 26.5. The second-order valence-corrected chi connectivity index (χ2v) is 4.83. The highest BCUT2D eigenvalue weighted by molar-refractivity contribution is 5.31. The predicted molar refractivity (Wildman–Crippen MR) is 67.0 cm³/mol. The molecule has 17 heavy (non-hydrogen) atoms. The van der Waals surface area contributed by atoms with Gasteiger partial charge in [0.05, 0.1) is 6.04 Å². The molecule has 1 N–H and O–H groups in total. The van der Waals surface area contributed by atoms with E-state index in [0.717, 1.165) is 6.42 Å². The third-order valence-corrected chi connectivity index (χ3v) is 3.71. The third-order valence-electron chi connectivity index (χ3n) is 3.71. The van der Waals surface area contributed by atoms with Crippen LogP contribution in [0, 0.1) is 0 Å². The number of nitrogens with zero attached hydrogens (tertiary/aromatic N) is 3. The van der Waals surface area contributed by atoms with Crippen molar-refractivity contribution in [2.24, 2.45) is 0 Å². The lowest BCUT2D eigenvalue weighted by molar-refractivity contribution is 0.419.